The molecule has 1 rings (SSSR count). The quantitative estimate of drug-likeness (QED) is 0.839. The Morgan fingerprint density at radius 3 is 2.62 bits per heavy atom. The van der Waals surface area contributed by atoms with E-state index in [1.807, 2.05) is 26.0 Å². The summed E-state index contributed by atoms with van der Waals surface area (Å²) < 4.78 is 0.963. The van der Waals surface area contributed by atoms with Gasteiger partial charge in [0, 0.05) is 10.0 Å². The summed E-state index contributed by atoms with van der Waals surface area (Å²) in [6.07, 6.45) is 0.665. The fraction of sp³-hybridized carbons (Fsp3) is 0.400. The first-order chi connectivity index (χ1) is 5.88. The summed E-state index contributed by atoms with van der Waals surface area (Å²) in [6, 6.07) is 5.37. The van der Waals surface area contributed by atoms with Gasteiger partial charge in [-0.25, -0.2) is 0 Å². The first-order valence-corrected chi connectivity index (χ1v) is 4.94. The monoisotopic (exact) mass is 243 g/mol. The average molecular weight is 244 g/mol. The lowest BCUT2D eigenvalue weighted by molar-refractivity contribution is 0.450. The van der Waals surface area contributed by atoms with Gasteiger partial charge in [-0.1, -0.05) is 15.9 Å². The largest absolute Gasteiger partial charge is 0.508 e. The van der Waals surface area contributed by atoms with Crippen LogP contribution in [0.5, 0.6) is 5.75 Å². The third kappa shape index (κ3) is 3.36. The summed E-state index contributed by atoms with van der Waals surface area (Å²) in [5.41, 5.74) is 6.44. The maximum atomic E-state index is 9.52. The van der Waals surface area contributed by atoms with E-state index in [1.54, 1.807) is 6.07 Å². The molecular weight excluding hydrogens is 230 g/mol. The van der Waals surface area contributed by atoms with E-state index >= 15 is 0 Å². The maximum Gasteiger partial charge on any atom is 0.118 e. The summed E-state index contributed by atoms with van der Waals surface area (Å²) in [5.74, 6) is 0.307. The summed E-state index contributed by atoms with van der Waals surface area (Å²) in [4.78, 5) is 0. The molecule has 0 atom stereocenters. The van der Waals surface area contributed by atoms with E-state index in [0.29, 0.717) is 12.2 Å². The number of benzene rings is 1. The van der Waals surface area contributed by atoms with Crippen molar-refractivity contribution in [1.82, 2.24) is 0 Å². The van der Waals surface area contributed by atoms with Gasteiger partial charge in [-0.15, -0.1) is 0 Å². The van der Waals surface area contributed by atoms with Crippen LogP contribution in [0.3, 0.4) is 0 Å². The normalized spacial score (nSPS) is 11.7. The highest BCUT2D eigenvalue weighted by atomic mass is 79.9. The van der Waals surface area contributed by atoms with E-state index in [9.17, 15) is 5.11 Å². The fourth-order valence-electron chi connectivity index (χ4n) is 1.19. The zero-order valence-corrected chi connectivity index (χ0v) is 9.43. The molecule has 0 aliphatic carbocycles. The molecule has 0 radical (unpaired) electrons. The van der Waals surface area contributed by atoms with Crippen molar-refractivity contribution in [2.75, 3.05) is 0 Å². The van der Waals surface area contributed by atoms with Crippen molar-refractivity contribution in [2.45, 2.75) is 25.8 Å². The lowest BCUT2D eigenvalue weighted by Gasteiger charge is -2.19. The van der Waals surface area contributed by atoms with E-state index in [4.69, 9.17) is 5.73 Å². The van der Waals surface area contributed by atoms with Crippen molar-refractivity contribution in [3.05, 3.63) is 28.2 Å². The zero-order valence-electron chi connectivity index (χ0n) is 7.84. The molecule has 0 saturated carbocycles. The molecule has 0 heterocycles. The number of hydrogen-bond acceptors (Lipinski definition) is 2. The molecule has 0 amide bonds. The highest BCUT2D eigenvalue weighted by Crippen LogP contribution is 2.24. The van der Waals surface area contributed by atoms with Crippen LogP contribution < -0.4 is 5.73 Å². The van der Waals surface area contributed by atoms with Gasteiger partial charge in [-0.2, -0.15) is 0 Å². The molecular formula is C10H14BrNO. The van der Waals surface area contributed by atoms with Gasteiger partial charge in [-0.05, 0) is 44.0 Å². The number of phenols is 1. The minimum absolute atomic E-state index is 0.293. The lowest BCUT2D eigenvalue weighted by atomic mass is 9.96. The average Bonchev–Trinajstić information content (AvgIpc) is 1.94. The summed E-state index contributed by atoms with van der Waals surface area (Å²) in [7, 11) is 0. The Kier molecular flexibility index (Phi) is 2.98. The predicted molar refractivity (Wildman–Crippen MR) is 57.8 cm³/mol. The fourth-order valence-corrected chi connectivity index (χ4v) is 1.60. The summed E-state index contributed by atoms with van der Waals surface area (Å²) >= 11 is 3.35. The summed E-state index contributed by atoms with van der Waals surface area (Å²) in [6.45, 7) is 3.88. The molecule has 1 aromatic carbocycles. The van der Waals surface area contributed by atoms with Crippen LogP contribution in [-0.2, 0) is 6.42 Å². The van der Waals surface area contributed by atoms with Gasteiger partial charge in [0.2, 0.25) is 0 Å². The molecule has 0 spiro atoms. The van der Waals surface area contributed by atoms with Crippen molar-refractivity contribution >= 4 is 15.9 Å². The lowest BCUT2D eigenvalue weighted by Crippen LogP contribution is -2.34. The summed E-state index contributed by atoms with van der Waals surface area (Å²) in [5, 5.41) is 9.52. The second-order valence-electron chi connectivity index (χ2n) is 3.94. The van der Waals surface area contributed by atoms with Crippen LogP contribution >= 0.6 is 15.9 Å². The van der Waals surface area contributed by atoms with Crippen LogP contribution in [0.2, 0.25) is 0 Å². The Hall–Kier alpha value is -0.540. The predicted octanol–water partition coefficient (Wildman–Crippen LogP) is 2.43. The van der Waals surface area contributed by atoms with Crippen LogP contribution in [0.15, 0.2) is 22.7 Å². The van der Waals surface area contributed by atoms with Crippen LogP contribution in [0.25, 0.3) is 0 Å². The Labute approximate surface area is 86.9 Å². The number of aromatic hydroxyl groups is 1. The Bertz CT molecular complexity index is 304. The molecule has 13 heavy (non-hydrogen) atoms. The number of rotatable bonds is 2. The highest BCUT2D eigenvalue weighted by molar-refractivity contribution is 9.10. The second-order valence-corrected chi connectivity index (χ2v) is 4.85. The van der Waals surface area contributed by atoms with E-state index < -0.39 is 0 Å². The molecule has 0 bridgehead atoms. The minimum Gasteiger partial charge on any atom is -0.508 e. The van der Waals surface area contributed by atoms with E-state index in [0.717, 1.165) is 10.0 Å². The van der Waals surface area contributed by atoms with Crippen molar-refractivity contribution < 1.29 is 5.11 Å². The topological polar surface area (TPSA) is 46.2 Å². The van der Waals surface area contributed by atoms with Crippen molar-refractivity contribution in [3.63, 3.8) is 0 Å². The third-order valence-corrected chi connectivity index (χ3v) is 2.18. The minimum atomic E-state index is -0.293. The molecule has 0 aliphatic rings. The molecule has 0 fully saturated rings. The van der Waals surface area contributed by atoms with Crippen LogP contribution in [0.1, 0.15) is 19.4 Å². The van der Waals surface area contributed by atoms with Crippen LogP contribution in [-0.4, -0.2) is 10.6 Å². The van der Waals surface area contributed by atoms with Gasteiger partial charge in [-0.3, -0.25) is 0 Å². The molecule has 0 saturated heterocycles. The SMILES string of the molecule is CC(C)(N)Cc1cc(Br)ccc1O. The van der Waals surface area contributed by atoms with Gasteiger partial charge in [0.25, 0.3) is 0 Å². The first-order valence-electron chi connectivity index (χ1n) is 4.15. The van der Waals surface area contributed by atoms with Gasteiger partial charge >= 0.3 is 0 Å². The standard InChI is InChI=1S/C10H14BrNO/c1-10(2,12)6-7-5-8(11)3-4-9(7)13/h3-5,13H,6,12H2,1-2H3. The van der Waals surface area contributed by atoms with E-state index in [2.05, 4.69) is 15.9 Å². The molecule has 2 nitrogen and oxygen atoms in total. The number of phenolic OH excluding ortho intramolecular Hbond substituents is 1. The highest BCUT2D eigenvalue weighted by Gasteiger charge is 2.14. The Morgan fingerprint density at radius 2 is 2.08 bits per heavy atom. The molecule has 1 aromatic rings. The van der Waals surface area contributed by atoms with Gasteiger partial charge in [0.15, 0.2) is 0 Å². The van der Waals surface area contributed by atoms with Crippen LogP contribution in [0, 0.1) is 0 Å². The Morgan fingerprint density at radius 1 is 1.46 bits per heavy atom. The van der Waals surface area contributed by atoms with Gasteiger partial charge in [0.1, 0.15) is 5.75 Å². The maximum absolute atomic E-state index is 9.52. The van der Waals surface area contributed by atoms with Crippen LogP contribution in [0.4, 0.5) is 0 Å². The molecule has 0 aliphatic heterocycles. The Balaban J connectivity index is 2.94. The molecule has 72 valence electrons. The van der Waals surface area contributed by atoms with Crippen molar-refractivity contribution in [1.29, 1.82) is 0 Å². The first kappa shape index (κ1) is 10.5. The zero-order chi connectivity index (χ0) is 10.1. The van der Waals surface area contributed by atoms with E-state index in [1.165, 1.54) is 0 Å². The smallest absolute Gasteiger partial charge is 0.118 e. The van der Waals surface area contributed by atoms with Gasteiger partial charge in [0.05, 0.1) is 0 Å². The van der Waals surface area contributed by atoms with Gasteiger partial charge < -0.3 is 10.8 Å². The van der Waals surface area contributed by atoms with E-state index in [-0.39, 0.29) is 5.54 Å². The number of nitrogens with two attached hydrogens (primary N) is 1. The van der Waals surface area contributed by atoms with Crippen molar-refractivity contribution in [3.8, 4) is 5.75 Å². The third-order valence-electron chi connectivity index (χ3n) is 1.69. The molecule has 0 aromatic heterocycles. The van der Waals surface area contributed by atoms with Crippen molar-refractivity contribution in [2.24, 2.45) is 5.73 Å². The molecule has 3 N–H and O–H groups in total. The molecule has 3 heteroatoms. The molecule has 0 unspecified atom stereocenters. The number of hydrogen-bond donors (Lipinski definition) is 2. The number of halogens is 1. The second kappa shape index (κ2) is 3.68.